The quantitative estimate of drug-likeness (QED) is 0.670. The van der Waals surface area contributed by atoms with Crippen LogP contribution in [-0.2, 0) is 6.42 Å². The summed E-state index contributed by atoms with van der Waals surface area (Å²) in [7, 11) is 0. The summed E-state index contributed by atoms with van der Waals surface area (Å²) in [5.41, 5.74) is 3.40. The van der Waals surface area contributed by atoms with E-state index >= 15 is 0 Å². The summed E-state index contributed by atoms with van der Waals surface area (Å²) < 4.78 is 7.67. The molecule has 0 saturated carbocycles. The summed E-state index contributed by atoms with van der Waals surface area (Å²) >= 11 is 1.73. The molecule has 4 aliphatic rings. The predicted molar refractivity (Wildman–Crippen MR) is 99.1 cm³/mol. The van der Waals surface area contributed by atoms with Crippen molar-refractivity contribution >= 4 is 21.6 Å². The maximum absolute atomic E-state index is 6.45. The van der Waals surface area contributed by atoms with Crippen LogP contribution >= 0.6 is 11.3 Å². The van der Waals surface area contributed by atoms with Gasteiger partial charge in [-0.05, 0) is 44.1 Å². The van der Waals surface area contributed by atoms with E-state index in [9.17, 15) is 0 Å². The lowest BCUT2D eigenvalue weighted by Crippen LogP contribution is -2.61. The van der Waals surface area contributed by atoms with Crippen molar-refractivity contribution in [3.63, 3.8) is 0 Å². The number of piperidine rings is 3. The van der Waals surface area contributed by atoms with Gasteiger partial charge in [0.15, 0.2) is 0 Å². The number of benzene rings is 1. The Kier molecular flexibility index (Phi) is 2.86. The lowest BCUT2D eigenvalue weighted by atomic mass is 9.73. The molecule has 2 aromatic heterocycles. The summed E-state index contributed by atoms with van der Waals surface area (Å²) in [4.78, 5) is 12.0. The molecule has 126 valence electrons. The van der Waals surface area contributed by atoms with Crippen molar-refractivity contribution < 1.29 is 4.74 Å². The van der Waals surface area contributed by atoms with Gasteiger partial charge >= 0.3 is 0 Å². The Bertz CT molecular complexity index is 943. The molecule has 6 heterocycles. The number of rotatable bonds is 1. The maximum Gasteiger partial charge on any atom is 0.217 e. The van der Waals surface area contributed by atoms with E-state index in [-0.39, 0.29) is 5.60 Å². The van der Waals surface area contributed by atoms with E-state index < -0.39 is 0 Å². The largest absolute Gasteiger partial charge is 0.469 e. The molecular formula is C20H19N3OS. The monoisotopic (exact) mass is 349 g/mol. The molecule has 1 unspecified atom stereocenters. The topological polar surface area (TPSA) is 38.2 Å². The fraction of sp³-hybridized carbons (Fsp3) is 0.400. The van der Waals surface area contributed by atoms with Crippen molar-refractivity contribution in [2.75, 3.05) is 19.6 Å². The molecule has 0 radical (unpaired) electrons. The number of hydrogen-bond acceptors (Lipinski definition) is 5. The van der Waals surface area contributed by atoms with Crippen molar-refractivity contribution in [2.45, 2.75) is 24.9 Å². The van der Waals surface area contributed by atoms with Crippen molar-refractivity contribution in [3.05, 3.63) is 42.1 Å². The lowest BCUT2D eigenvalue weighted by Gasteiger charge is -2.50. The first-order valence-corrected chi connectivity index (χ1v) is 9.87. The standard InChI is InChI=1S/C20H19N3OS/c1-2-4-17-16(3-1)22-19(25-17)14-9-13-10-20(24-18(13)21-11-14)12-23-7-5-15(20)6-8-23/h1-4,9,11,15H,5-8,10,12H2. The molecule has 1 aromatic carbocycles. The first-order chi connectivity index (χ1) is 12.3. The summed E-state index contributed by atoms with van der Waals surface area (Å²) in [6, 6.07) is 10.6. The maximum atomic E-state index is 6.45. The fourth-order valence-electron chi connectivity index (χ4n) is 4.82. The van der Waals surface area contributed by atoms with E-state index in [0.717, 1.165) is 34.9 Å². The smallest absolute Gasteiger partial charge is 0.217 e. The van der Waals surface area contributed by atoms with Gasteiger partial charge < -0.3 is 4.74 Å². The molecule has 3 saturated heterocycles. The van der Waals surface area contributed by atoms with Gasteiger partial charge in [-0.3, -0.25) is 4.90 Å². The van der Waals surface area contributed by atoms with Gasteiger partial charge in [0.25, 0.3) is 0 Å². The highest BCUT2D eigenvalue weighted by Crippen LogP contribution is 2.46. The van der Waals surface area contributed by atoms with Crippen LogP contribution in [0.5, 0.6) is 5.88 Å². The van der Waals surface area contributed by atoms with Gasteiger partial charge in [0, 0.05) is 36.2 Å². The molecule has 1 spiro atoms. The highest BCUT2D eigenvalue weighted by Gasteiger charge is 2.52. The third-order valence-electron chi connectivity index (χ3n) is 6.08. The van der Waals surface area contributed by atoms with Crippen LogP contribution in [-0.4, -0.2) is 40.1 Å². The van der Waals surface area contributed by atoms with Gasteiger partial charge in [-0.2, -0.15) is 0 Å². The van der Waals surface area contributed by atoms with E-state index in [4.69, 9.17) is 9.72 Å². The second kappa shape index (κ2) is 5.02. The van der Waals surface area contributed by atoms with Crippen LogP contribution in [0, 0.1) is 5.92 Å². The summed E-state index contributed by atoms with van der Waals surface area (Å²) in [6.45, 7) is 3.53. The molecule has 2 bridgehead atoms. The zero-order valence-corrected chi connectivity index (χ0v) is 14.8. The normalized spacial score (nSPS) is 29.9. The van der Waals surface area contributed by atoms with Gasteiger partial charge in [-0.25, -0.2) is 9.97 Å². The van der Waals surface area contributed by atoms with E-state index in [1.54, 1.807) is 11.3 Å². The lowest BCUT2D eigenvalue weighted by molar-refractivity contribution is -0.0814. The first-order valence-electron chi connectivity index (χ1n) is 9.05. The molecule has 7 rings (SSSR count). The Hall–Kier alpha value is -1.98. The number of pyridine rings is 1. The summed E-state index contributed by atoms with van der Waals surface area (Å²) in [5, 5.41) is 1.05. The third-order valence-corrected chi connectivity index (χ3v) is 7.16. The Balaban J connectivity index is 1.37. The molecule has 3 aromatic rings. The van der Waals surface area contributed by atoms with Crippen LogP contribution in [0.15, 0.2) is 36.5 Å². The second-order valence-electron chi connectivity index (χ2n) is 7.57. The average molecular weight is 349 g/mol. The summed E-state index contributed by atoms with van der Waals surface area (Å²) in [5.74, 6) is 1.52. The van der Waals surface area contributed by atoms with E-state index in [1.807, 2.05) is 12.3 Å². The van der Waals surface area contributed by atoms with Crippen LogP contribution in [0.1, 0.15) is 18.4 Å². The number of nitrogens with zero attached hydrogens (tertiary/aromatic N) is 3. The van der Waals surface area contributed by atoms with Crippen LogP contribution in [0.4, 0.5) is 0 Å². The molecule has 4 aliphatic heterocycles. The number of thiazole rings is 1. The van der Waals surface area contributed by atoms with Crippen LogP contribution in [0.25, 0.3) is 20.8 Å². The predicted octanol–water partition coefficient (Wildman–Crippen LogP) is 3.76. The van der Waals surface area contributed by atoms with E-state index in [0.29, 0.717) is 5.92 Å². The number of fused-ring (bicyclic) bond motifs is 4. The fourth-order valence-corrected chi connectivity index (χ4v) is 5.77. The zero-order chi connectivity index (χ0) is 16.4. The van der Waals surface area contributed by atoms with Crippen molar-refractivity contribution in [2.24, 2.45) is 5.92 Å². The molecule has 3 fully saturated rings. The van der Waals surface area contributed by atoms with Crippen LogP contribution in [0.2, 0.25) is 0 Å². The Labute approximate surface area is 150 Å². The minimum atomic E-state index is -0.0297. The number of aromatic nitrogens is 2. The minimum absolute atomic E-state index is 0.0297. The van der Waals surface area contributed by atoms with Crippen molar-refractivity contribution in [3.8, 4) is 16.5 Å². The van der Waals surface area contributed by atoms with Gasteiger partial charge in [-0.15, -0.1) is 11.3 Å². The first kappa shape index (κ1) is 14.2. The summed E-state index contributed by atoms with van der Waals surface area (Å²) in [6.07, 6.45) is 5.45. The molecular weight excluding hydrogens is 330 g/mol. The zero-order valence-electron chi connectivity index (χ0n) is 13.9. The molecule has 5 heteroatoms. The SMILES string of the molecule is c1ccc2sc(-c3cnc4c(c3)CC3(CN5CCC3CC5)O4)nc2c1. The highest BCUT2D eigenvalue weighted by molar-refractivity contribution is 7.21. The molecule has 0 N–H and O–H groups in total. The minimum Gasteiger partial charge on any atom is -0.469 e. The van der Waals surface area contributed by atoms with Crippen molar-refractivity contribution in [1.29, 1.82) is 0 Å². The second-order valence-corrected chi connectivity index (χ2v) is 8.60. The molecule has 4 nitrogen and oxygen atoms in total. The molecule has 1 atom stereocenters. The van der Waals surface area contributed by atoms with E-state index in [2.05, 4.69) is 34.1 Å². The van der Waals surface area contributed by atoms with Gasteiger partial charge in [0.05, 0.1) is 10.2 Å². The van der Waals surface area contributed by atoms with Gasteiger partial charge in [0.2, 0.25) is 5.88 Å². The number of para-hydroxylation sites is 1. The van der Waals surface area contributed by atoms with Crippen LogP contribution in [0.3, 0.4) is 0 Å². The molecule has 0 aliphatic carbocycles. The number of ether oxygens (including phenoxy) is 1. The Morgan fingerprint density at radius 3 is 2.88 bits per heavy atom. The molecule has 0 amide bonds. The van der Waals surface area contributed by atoms with Crippen molar-refractivity contribution in [1.82, 2.24) is 14.9 Å². The number of hydrogen-bond donors (Lipinski definition) is 0. The average Bonchev–Trinajstić information content (AvgIpc) is 3.22. The van der Waals surface area contributed by atoms with Gasteiger partial charge in [0.1, 0.15) is 10.6 Å². The van der Waals surface area contributed by atoms with Gasteiger partial charge in [-0.1, -0.05) is 12.1 Å². The Morgan fingerprint density at radius 2 is 2.08 bits per heavy atom. The highest BCUT2D eigenvalue weighted by atomic mass is 32.1. The Morgan fingerprint density at radius 1 is 1.20 bits per heavy atom. The van der Waals surface area contributed by atoms with E-state index in [1.165, 1.54) is 36.2 Å². The van der Waals surface area contributed by atoms with Crippen LogP contribution < -0.4 is 4.74 Å². The third kappa shape index (κ3) is 2.09. The molecule has 25 heavy (non-hydrogen) atoms.